The molecule has 0 bridgehead atoms. The van der Waals surface area contributed by atoms with Gasteiger partial charge in [0.1, 0.15) is 0 Å². The van der Waals surface area contributed by atoms with Gasteiger partial charge in [-0.1, -0.05) is 34.6 Å². The number of hydrogen-bond acceptors (Lipinski definition) is 1. The summed E-state index contributed by atoms with van der Waals surface area (Å²) in [5, 5.41) is 0. The molecule has 0 atom stereocenters. The van der Waals surface area contributed by atoms with Crippen molar-refractivity contribution in [1.29, 1.82) is 0 Å². The van der Waals surface area contributed by atoms with Crippen LogP contribution in [0.1, 0.15) is 33.4 Å². The van der Waals surface area contributed by atoms with Crippen LogP contribution in [0.4, 0.5) is 0 Å². The molecule has 2 aromatic rings. The van der Waals surface area contributed by atoms with Crippen molar-refractivity contribution < 1.29 is 21.9 Å². The van der Waals surface area contributed by atoms with E-state index in [0.29, 0.717) is 6.42 Å². The summed E-state index contributed by atoms with van der Waals surface area (Å²) in [6.07, 6.45) is 0.360. The largest absolute Gasteiger partial charge is 2.00 e. The Morgan fingerprint density at radius 2 is 1.85 bits per heavy atom. The standard InChI is InChI=1S/C9H13.C8H10NO.Fe/c1-6-5-7(2)9(4)8(6)3;1-6-3-2-4-7(6)5-8(9)10;/h5H,1-4H3;2-4H,5H2,1H3,(H2,9,10);/q2*-1;+2. The monoisotopic (exact) mass is 313 g/mol. The first-order valence-electron chi connectivity index (χ1n) is 6.52. The Balaban J connectivity index is 0.000000345. The van der Waals surface area contributed by atoms with Crippen LogP contribution in [0.5, 0.6) is 0 Å². The number of rotatable bonds is 2. The van der Waals surface area contributed by atoms with Crippen molar-refractivity contribution in [2.75, 3.05) is 0 Å². The quantitative estimate of drug-likeness (QED) is 0.670. The summed E-state index contributed by atoms with van der Waals surface area (Å²) in [4.78, 5) is 10.4. The van der Waals surface area contributed by atoms with Crippen molar-refractivity contribution in [3.05, 3.63) is 57.6 Å². The van der Waals surface area contributed by atoms with Crippen LogP contribution in [0.3, 0.4) is 0 Å². The van der Waals surface area contributed by atoms with Crippen LogP contribution in [-0.4, -0.2) is 5.91 Å². The molecule has 0 aliphatic carbocycles. The van der Waals surface area contributed by atoms with Gasteiger partial charge in [0, 0.05) is 6.42 Å². The van der Waals surface area contributed by atoms with E-state index in [9.17, 15) is 4.79 Å². The molecule has 0 fully saturated rings. The van der Waals surface area contributed by atoms with Gasteiger partial charge in [-0.2, -0.15) is 39.4 Å². The van der Waals surface area contributed by atoms with E-state index in [-0.39, 0.29) is 23.0 Å². The molecule has 0 unspecified atom stereocenters. The Morgan fingerprint density at radius 3 is 2.10 bits per heavy atom. The van der Waals surface area contributed by atoms with Crippen molar-refractivity contribution in [2.45, 2.75) is 41.0 Å². The molecule has 0 saturated heterocycles. The molecule has 3 heteroatoms. The second kappa shape index (κ2) is 8.08. The average Bonchev–Trinajstić information content (AvgIpc) is 2.81. The van der Waals surface area contributed by atoms with Gasteiger partial charge in [0.2, 0.25) is 5.91 Å². The predicted octanol–water partition coefficient (Wildman–Crippen LogP) is 3.38. The van der Waals surface area contributed by atoms with Crippen molar-refractivity contribution in [3.8, 4) is 0 Å². The first-order valence-corrected chi connectivity index (χ1v) is 6.52. The maximum atomic E-state index is 10.4. The second-order valence-corrected chi connectivity index (χ2v) is 5.14. The molecule has 2 aromatic carbocycles. The molecule has 2 N–H and O–H groups in total. The summed E-state index contributed by atoms with van der Waals surface area (Å²) >= 11 is 0. The summed E-state index contributed by atoms with van der Waals surface area (Å²) in [5.74, 6) is -0.269. The molecule has 2 rings (SSSR count). The predicted molar refractivity (Wildman–Crippen MR) is 80.7 cm³/mol. The fourth-order valence-electron chi connectivity index (χ4n) is 2.07. The topological polar surface area (TPSA) is 43.1 Å². The van der Waals surface area contributed by atoms with Crippen LogP contribution in [0, 0.1) is 34.6 Å². The normalized spacial score (nSPS) is 9.45. The van der Waals surface area contributed by atoms with Gasteiger partial charge in [0.25, 0.3) is 0 Å². The number of amides is 1. The zero-order valence-corrected chi connectivity index (χ0v) is 14.0. The van der Waals surface area contributed by atoms with Gasteiger partial charge in [-0.25, -0.2) is 18.2 Å². The van der Waals surface area contributed by atoms with E-state index in [0.717, 1.165) is 11.1 Å². The fourth-order valence-corrected chi connectivity index (χ4v) is 2.07. The molecule has 0 aliphatic rings. The van der Waals surface area contributed by atoms with E-state index in [1.54, 1.807) is 0 Å². The van der Waals surface area contributed by atoms with E-state index >= 15 is 0 Å². The van der Waals surface area contributed by atoms with E-state index < -0.39 is 0 Å². The van der Waals surface area contributed by atoms with Crippen molar-refractivity contribution in [1.82, 2.24) is 0 Å². The Kier molecular flexibility index (Phi) is 7.55. The molecule has 2 nitrogen and oxygen atoms in total. The SMILES string of the molecule is C[c-]1cccc1CC(N)=O.Cc1cc(C)[c-](C)c1C.[Fe+2]. The van der Waals surface area contributed by atoms with E-state index in [1.165, 1.54) is 22.3 Å². The van der Waals surface area contributed by atoms with Gasteiger partial charge < -0.3 is 5.73 Å². The van der Waals surface area contributed by atoms with Crippen molar-refractivity contribution in [3.63, 3.8) is 0 Å². The van der Waals surface area contributed by atoms with Gasteiger partial charge >= 0.3 is 17.1 Å². The number of carbonyl (C=O) groups is 1. The average molecular weight is 313 g/mol. The van der Waals surface area contributed by atoms with Crippen LogP contribution < -0.4 is 5.73 Å². The third-order valence-electron chi connectivity index (χ3n) is 3.69. The van der Waals surface area contributed by atoms with Gasteiger partial charge in [-0.3, -0.25) is 4.79 Å². The van der Waals surface area contributed by atoms with Crippen molar-refractivity contribution in [2.24, 2.45) is 5.73 Å². The van der Waals surface area contributed by atoms with Crippen LogP contribution in [0.25, 0.3) is 0 Å². The van der Waals surface area contributed by atoms with Crippen LogP contribution in [-0.2, 0) is 28.3 Å². The Hall–Kier alpha value is -1.31. The minimum atomic E-state index is -0.269. The fraction of sp³-hybridized carbons (Fsp3) is 0.353. The molecule has 0 heterocycles. The Bertz CT molecular complexity index is 541. The maximum absolute atomic E-state index is 10.4. The summed E-state index contributed by atoms with van der Waals surface area (Å²) in [7, 11) is 0. The summed E-state index contributed by atoms with van der Waals surface area (Å²) in [5.41, 5.74) is 12.9. The summed E-state index contributed by atoms with van der Waals surface area (Å²) < 4.78 is 0. The number of aryl methyl sites for hydroxylation is 3. The van der Waals surface area contributed by atoms with Crippen LogP contribution >= 0.6 is 0 Å². The zero-order valence-electron chi connectivity index (χ0n) is 12.9. The number of nitrogens with two attached hydrogens (primary N) is 1. The molecule has 110 valence electrons. The van der Waals surface area contributed by atoms with Gasteiger partial charge in [0.15, 0.2) is 0 Å². The molecule has 0 radical (unpaired) electrons. The van der Waals surface area contributed by atoms with Gasteiger partial charge in [0.05, 0.1) is 0 Å². The molecule has 1 amide bonds. The minimum Gasteiger partial charge on any atom is -0.369 e. The summed E-state index contributed by atoms with van der Waals surface area (Å²) in [6.45, 7) is 10.7. The first-order chi connectivity index (χ1) is 8.82. The summed E-state index contributed by atoms with van der Waals surface area (Å²) in [6, 6.07) is 8.05. The molecular weight excluding hydrogens is 290 g/mol. The zero-order chi connectivity index (χ0) is 14.6. The van der Waals surface area contributed by atoms with E-state index in [4.69, 9.17) is 5.73 Å². The Morgan fingerprint density at radius 1 is 1.25 bits per heavy atom. The maximum Gasteiger partial charge on any atom is 2.00 e. The van der Waals surface area contributed by atoms with Gasteiger partial charge in [-0.05, 0) is 0 Å². The van der Waals surface area contributed by atoms with Crippen LogP contribution in [0.2, 0.25) is 0 Å². The number of carbonyl (C=O) groups excluding carboxylic acids is 1. The van der Waals surface area contributed by atoms with E-state index in [1.807, 2.05) is 25.1 Å². The van der Waals surface area contributed by atoms with Crippen LogP contribution in [0.15, 0.2) is 24.3 Å². The number of hydrogen-bond donors (Lipinski definition) is 1. The molecule has 0 saturated carbocycles. The minimum absolute atomic E-state index is 0. The van der Waals surface area contributed by atoms with Gasteiger partial charge in [-0.15, -0.1) is 0 Å². The molecule has 0 spiro atoms. The third-order valence-corrected chi connectivity index (χ3v) is 3.69. The van der Waals surface area contributed by atoms with Crippen molar-refractivity contribution >= 4 is 5.91 Å². The Labute approximate surface area is 132 Å². The molecule has 0 aliphatic heterocycles. The molecule has 0 aromatic heterocycles. The number of primary amides is 1. The van der Waals surface area contributed by atoms with E-state index in [2.05, 4.69) is 33.8 Å². The first kappa shape index (κ1) is 18.7. The third kappa shape index (κ3) is 4.99. The molecule has 20 heavy (non-hydrogen) atoms. The molecular formula is C17H23FeNO. The smallest absolute Gasteiger partial charge is 0.369 e. The second-order valence-electron chi connectivity index (χ2n) is 5.14.